The molecule has 1 heterocycles. The highest BCUT2D eigenvalue weighted by atomic mass is 16.5. The molecule has 0 spiro atoms. The number of hydrogen-bond donors (Lipinski definition) is 1. The van der Waals surface area contributed by atoms with Crippen molar-refractivity contribution in [2.45, 2.75) is 0 Å². The van der Waals surface area contributed by atoms with Crippen molar-refractivity contribution in [2.75, 3.05) is 86.5 Å². The Morgan fingerprint density at radius 1 is 1.10 bits per heavy atom. The zero-order chi connectivity index (χ0) is 15.3. The molecule has 1 amide bonds. The third-order valence-electron chi connectivity index (χ3n) is 3.30. The van der Waals surface area contributed by atoms with Gasteiger partial charge in [0, 0.05) is 39.8 Å². The van der Waals surface area contributed by atoms with Crippen LogP contribution in [0, 0.1) is 0 Å². The maximum Gasteiger partial charge on any atom is 0.236 e. The number of piperazine rings is 1. The Morgan fingerprint density at radius 2 is 1.71 bits per heavy atom. The van der Waals surface area contributed by atoms with Crippen molar-refractivity contribution in [2.24, 2.45) is 0 Å². The van der Waals surface area contributed by atoms with Crippen LogP contribution in [0.1, 0.15) is 0 Å². The Bertz CT molecular complexity index is 273. The van der Waals surface area contributed by atoms with Gasteiger partial charge in [0.05, 0.1) is 39.6 Å². The molecule has 7 nitrogen and oxygen atoms in total. The molecule has 0 aliphatic carbocycles. The molecule has 1 saturated heterocycles. The van der Waals surface area contributed by atoms with Crippen molar-refractivity contribution in [3.05, 3.63) is 0 Å². The lowest BCUT2D eigenvalue weighted by molar-refractivity contribution is -0.132. The Hall–Kier alpha value is -0.730. The van der Waals surface area contributed by atoms with Crippen LogP contribution in [0.25, 0.3) is 0 Å². The highest BCUT2D eigenvalue weighted by Gasteiger charge is 2.17. The van der Waals surface area contributed by atoms with Gasteiger partial charge in [0.1, 0.15) is 0 Å². The monoisotopic (exact) mass is 303 g/mol. The molecule has 0 aromatic heterocycles. The molecular formula is C14H29N3O4. The number of methoxy groups -OCH3 is 1. The largest absolute Gasteiger partial charge is 0.382 e. The first-order valence-corrected chi connectivity index (χ1v) is 7.55. The molecule has 0 aromatic rings. The number of hydrogen-bond acceptors (Lipinski definition) is 6. The summed E-state index contributed by atoms with van der Waals surface area (Å²) in [6.45, 7) is 7.56. The predicted molar refractivity (Wildman–Crippen MR) is 80.5 cm³/mol. The highest BCUT2D eigenvalue weighted by molar-refractivity contribution is 5.78. The van der Waals surface area contributed by atoms with E-state index in [9.17, 15) is 4.79 Å². The molecule has 124 valence electrons. The molecular weight excluding hydrogens is 274 g/mol. The van der Waals surface area contributed by atoms with E-state index in [1.54, 1.807) is 7.11 Å². The summed E-state index contributed by atoms with van der Waals surface area (Å²) in [5, 5.41) is 3.24. The Labute approximate surface area is 127 Å². The summed E-state index contributed by atoms with van der Waals surface area (Å²) in [7, 11) is 3.59. The lowest BCUT2D eigenvalue weighted by Gasteiger charge is -2.29. The van der Waals surface area contributed by atoms with Crippen LogP contribution in [-0.2, 0) is 19.0 Å². The number of likely N-dealkylation sites (N-methyl/N-ethyl adjacent to an activating group) is 1. The normalized spacial score (nSPS) is 15.7. The number of carbonyl (C=O) groups excluding carboxylic acids is 1. The van der Waals surface area contributed by atoms with E-state index in [0.29, 0.717) is 39.6 Å². The van der Waals surface area contributed by atoms with Gasteiger partial charge in [-0.1, -0.05) is 0 Å². The summed E-state index contributed by atoms with van der Waals surface area (Å²) in [5.74, 6) is 0.196. The van der Waals surface area contributed by atoms with E-state index in [0.717, 1.165) is 32.7 Å². The minimum Gasteiger partial charge on any atom is -0.382 e. The summed E-state index contributed by atoms with van der Waals surface area (Å²) < 4.78 is 15.6. The topological polar surface area (TPSA) is 63.3 Å². The maximum absolute atomic E-state index is 12.0. The highest BCUT2D eigenvalue weighted by Crippen LogP contribution is 1.95. The van der Waals surface area contributed by atoms with Gasteiger partial charge in [0.25, 0.3) is 0 Å². The number of nitrogens with zero attached hydrogens (tertiary/aromatic N) is 2. The standard InChI is InChI=1S/C14H29N3O4/c1-16(7-8-20-11-12-21-10-9-19-2)13-14(18)17-5-3-15-4-6-17/h15H,3-13H2,1-2H3. The molecule has 7 heteroatoms. The third kappa shape index (κ3) is 9.00. The number of ether oxygens (including phenoxy) is 3. The molecule has 21 heavy (non-hydrogen) atoms. The van der Waals surface area contributed by atoms with E-state index in [4.69, 9.17) is 14.2 Å². The van der Waals surface area contributed by atoms with Crippen molar-refractivity contribution in [1.29, 1.82) is 0 Å². The minimum absolute atomic E-state index is 0.196. The smallest absolute Gasteiger partial charge is 0.236 e. The molecule has 0 radical (unpaired) electrons. The van der Waals surface area contributed by atoms with Crippen LogP contribution in [0.15, 0.2) is 0 Å². The second kappa shape index (κ2) is 11.9. The molecule has 0 saturated carbocycles. The fourth-order valence-corrected chi connectivity index (χ4v) is 2.01. The summed E-state index contributed by atoms with van der Waals surface area (Å²) in [6, 6.07) is 0. The van der Waals surface area contributed by atoms with Crippen LogP contribution in [0.4, 0.5) is 0 Å². The van der Waals surface area contributed by atoms with Crippen molar-refractivity contribution >= 4 is 5.91 Å². The first-order valence-electron chi connectivity index (χ1n) is 7.55. The molecule has 0 bridgehead atoms. The molecule has 0 atom stereocenters. The molecule has 0 aromatic carbocycles. The predicted octanol–water partition coefficient (Wildman–Crippen LogP) is -0.970. The number of carbonyl (C=O) groups is 1. The fraction of sp³-hybridized carbons (Fsp3) is 0.929. The van der Waals surface area contributed by atoms with Gasteiger partial charge in [-0.25, -0.2) is 0 Å². The summed E-state index contributed by atoms with van der Waals surface area (Å²) in [5.41, 5.74) is 0. The van der Waals surface area contributed by atoms with Crippen molar-refractivity contribution in [3.8, 4) is 0 Å². The molecule has 1 rings (SSSR count). The molecule has 1 aliphatic rings. The fourth-order valence-electron chi connectivity index (χ4n) is 2.01. The van der Waals surface area contributed by atoms with Crippen LogP contribution >= 0.6 is 0 Å². The van der Waals surface area contributed by atoms with E-state index in [1.165, 1.54) is 0 Å². The van der Waals surface area contributed by atoms with E-state index >= 15 is 0 Å². The minimum atomic E-state index is 0.196. The number of nitrogens with one attached hydrogen (secondary N) is 1. The third-order valence-corrected chi connectivity index (χ3v) is 3.30. The maximum atomic E-state index is 12.0. The van der Waals surface area contributed by atoms with Gasteiger partial charge >= 0.3 is 0 Å². The van der Waals surface area contributed by atoms with Gasteiger partial charge < -0.3 is 24.4 Å². The summed E-state index contributed by atoms with van der Waals surface area (Å²) in [6.07, 6.45) is 0. The van der Waals surface area contributed by atoms with Crippen LogP contribution < -0.4 is 5.32 Å². The average molecular weight is 303 g/mol. The number of rotatable bonds is 11. The lowest BCUT2D eigenvalue weighted by atomic mass is 10.3. The molecule has 0 unspecified atom stereocenters. The van der Waals surface area contributed by atoms with Gasteiger partial charge in [0.15, 0.2) is 0 Å². The zero-order valence-corrected chi connectivity index (χ0v) is 13.3. The van der Waals surface area contributed by atoms with Crippen LogP contribution in [0.3, 0.4) is 0 Å². The van der Waals surface area contributed by atoms with Gasteiger partial charge in [-0.3, -0.25) is 9.69 Å². The van der Waals surface area contributed by atoms with Gasteiger partial charge in [-0.05, 0) is 7.05 Å². The molecule has 1 N–H and O–H groups in total. The van der Waals surface area contributed by atoms with Gasteiger partial charge in [0.2, 0.25) is 5.91 Å². The first-order chi connectivity index (χ1) is 10.2. The number of amides is 1. The van der Waals surface area contributed by atoms with Gasteiger partial charge in [-0.2, -0.15) is 0 Å². The second-order valence-corrected chi connectivity index (χ2v) is 5.09. The summed E-state index contributed by atoms with van der Waals surface area (Å²) >= 11 is 0. The van der Waals surface area contributed by atoms with Crippen LogP contribution in [0.5, 0.6) is 0 Å². The van der Waals surface area contributed by atoms with Crippen molar-refractivity contribution < 1.29 is 19.0 Å². The van der Waals surface area contributed by atoms with Crippen molar-refractivity contribution in [3.63, 3.8) is 0 Å². The average Bonchev–Trinajstić information content (AvgIpc) is 2.50. The molecule has 1 aliphatic heterocycles. The Balaban J connectivity index is 1.95. The van der Waals surface area contributed by atoms with E-state index in [2.05, 4.69) is 5.32 Å². The van der Waals surface area contributed by atoms with Gasteiger partial charge in [-0.15, -0.1) is 0 Å². The SMILES string of the molecule is COCCOCCOCCN(C)CC(=O)N1CCNCC1. The zero-order valence-electron chi connectivity index (χ0n) is 13.3. The second-order valence-electron chi connectivity index (χ2n) is 5.09. The summed E-state index contributed by atoms with van der Waals surface area (Å²) in [4.78, 5) is 15.9. The van der Waals surface area contributed by atoms with E-state index < -0.39 is 0 Å². The Morgan fingerprint density at radius 3 is 2.38 bits per heavy atom. The Kier molecular flexibility index (Phi) is 10.4. The lowest BCUT2D eigenvalue weighted by Crippen LogP contribution is -2.49. The van der Waals surface area contributed by atoms with E-state index in [-0.39, 0.29) is 5.91 Å². The quantitative estimate of drug-likeness (QED) is 0.496. The first kappa shape index (κ1) is 18.3. The van der Waals surface area contributed by atoms with E-state index in [1.807, 2.05) is 16.8 Å². The van der Waals surface area contributed by atoms with Crippen LogP contribution in [0.2, 0.25) is 0 Å². The van der Waals surface area contributed by atoms with Crippen LogP contribution in [-0.4, -0.2) is 102 Å². The molecule has 1 fully saturated rings. The van der Waals surface area contributed by atoms with Crippen molar-refractivity contribution in [1.82, 2.24) is 15.1 Å².